The van der Waals surface area contributed by atoms with Gasteiger partial charge in [0.15, 0.2) is 0 Å². The van der Waals surface area contributed by atoms with Gasteiger partial charge >= 0.3 is 0 Å². The van der Waals surface area contributed by atoms with Crippen molar-refractivity contribution in [2.45, 2.75) is 44.6 Å². The van der Waals surface area contributed by atoms with Gasteiger partial charge in [0.05, 0.1) is 24.5 Å². The van der Waals surface area contributed by atoms with E-state index in [4.69, 9.17) is 14.7 Å². The molecule has 2 aromatic carbocycles. The van der Waals surface area contributed by atoms with Crippen molar-refractivity contribution in [3.8, 4) is 0 Å². The van der Waals surface area contributed by atoms with Crippen molar-refractivity contribution in [2.24, 2.45) is 5.16 Å². The number of nitrogens with zero attached hydrogens (tertiary/aromatic N) is 3. The minimum Gasteiger partial charge on any atom is -0.392 e. The topological polar surface area (TPSA) is 37.3 Å². The summed E-state index contributed by atoms with van der Waals surface area (Å²) in [4.78, 5) is 10.5. The standard InChI is InChI=1S/C29H41N3O2/c1-7-20-34-30-27(29(8-2,31(5)6)23-24-12-10-9-11-13-24)28(3,4)25-14-16-26(17-15-25)32-18-21-33-22-19-32/h7,9-17H,1,8,18-23H2,2-6H3. The Morgan fingerprint density at radius 2 is 1.74 bits per heavy atom. The minimum absolute atomic E-state index is 0.311. The largest absolute Gasteiger partial charge is 0.392 e. The molecule has 1 saturated heterocycles. The van der Waals surface area contributed by atoms with Crippen LogP contribution in [0.15, 0.2) is 72.4 Å². The molecule has 0 spiro atoms. The number of morpholine rings is 1. The molecule has 1 unspecified atom stereocenters. The van der Waals surface area contributed by atoms with Crippen LogP contribution in [0.3, 0.4) is 0 Å². The maximum atomic E-state index is 5.79. The second kappa shape index (κ2) is 11.7. The molecule has 0 amide bonds. The maximum Gasteiger partial charge on any atom is 0.135 e. The van der Waals surface area contributed by atoms with Crippen LogP contribution in [0.2, 0.25) is 0 Å². The van der Waals surface area contributed by atoms with Crippen molar-refractivity contribution in [3.63, 3.8) is 0 Å². The molecule has 1 heterocycles. The molecule has 5 nitrogen and oxygen atoms in total. The first-order chi connectivity index (χ1) is 16.3. The predicted molar refractivity (Wildman–Crippen MR) is 143 cm³/mol. The molecule has 1 fully saturated rings. The minimum atomic E-state index is -0.347. The smallest absolute Gasteiger partial charge is 0.135 e. The molecular formula is C29H41N3O2. The Labute approximate surface area is 206 Å². The lowest BCUT2D eigenvalue weighted by Gasteiger charge is -2.46. The molecule has 1 aliphatic rings. The van der Waals surface area contributed by atoms with Gasteiger partial charge in [-0.1, -0.05) is 81.0 Å². The lowest BCUT2D eigenvalue weighted by atomic mass is 9.68. The van der Waals surface area contributed by atoms with E-state index < -0.39 is 0 Å². The van der Waals surface area contributed by atoms with Crippen molar-refractivity contribution < 1.29 is 9.57 Å². The number of anilines is 1. The molecule has 3 rings (SSSR count). The van der Waals surface area contributed by atoms with E-state index in [1.165, 1.54) is 16.8 Å². The number of likely N-dealkylation sites (N-methyl/N-ethyl adjacent to an activating group) is 1. The van der Waals surface area contributed by atoms with Crippen molar-refractivity contribution in [3.05, 3.63) is 78.4 Å². The average Bonchev–Trinajstić information content (AvgIpc) is 2.86. The van der Waals surface area contributed by atoms with E-state index in [1.54, 1.807) is 6.08 Å². The average molecular weight is 464 g/mol. The zero-order valence-electron chi connectivity index (χ0n) is 21.6. The third kappa shape index (κ3) is 5.70. The Morgan fingerprint density at radius 1 is 1.09 bits per heavy atom. The third-order valence-corrected chi connectivity index (χ3v) is 7.13. The second-order valence-corrected chi connectivity index (χ2v) is 9.74. The first-order valence-electron chi connectivity index (χ1n) is 12.3. The number of oxime groups is 1. The van der Waals surface area contributed by atoms with Gasteiger partial charge in [-0.2, -0.15) is 0 Å². The highest BCUT2D eigenvalue weighted by molar-refractivity contribution is 6.01. The van der Waals surface area contributed by atoms with Crippen LogP contribution in [0.1, 0.15) is 38.3 Å². The molecule has 2 aromatic rings. The Kier molecular flexibility index (Phi) is 8.92. The first-order valence-corrected chi connectivity index (χ1v) is 12.3. The van der Waals surface area contributed by atoms with Crippen molar-refractivity contribution in [2.75, 3.05) is 51.9 Å². The normalized spacial score (nSPS) is 16.9. The predicted octanol–water partition coefficient (Wildman–Crippen LogP) is 5.31. The van der Waals surface area contributed by atoms with Crippen LogP contribution in [0.5, 0.6) is 0 Å². The first kappa shape index (κ1) is 26.0. The van der Waals surface area contributed by atoms with E-state index in [0.29, 0.717) is 6.61 Å². The van der Waals surface area contributed by atoms with Gasteiger partial charge in [0.25, 0.3) is 0 Å². The van der Waals surface area contributed by atoms with Crippen LogP contribution in [0.25, 0.3) is 0 Å². The molecule has 0 aromatic heterocycles. The highest BCUT2D eigenvalue weighted by Crippen LogP contribution is 2.37. The summed E-state index contributed by atoms with van der Waals surface area (Å²) >= 11 is 0. The molecular weight excluding hydrogens is 422 g/mol. The lowest BCUT2D eigenvalue weighted by molar-refractivity contribution is 0.122. The summed E-state index contributed by atoms with van der Waals surface area (Å²) in [5.74, 6) is 0. The van der Waals surface area contributed by atoms with Crippen molar-refractivity contribution in [1.82, 2.24) is 4.90 Å². The number of hydrogen-bond donors (Lipinski definition) is 0. The van der Waals surface area contributed by atoms with Crippen molar-refractivity contribution >= 4 is 11.4 Å². The molecule has 1 aliphatic heterocycles. The van der Waals surface area contributed by atoms with Gasteiger partial charge in [0, 0.05) is 24.2 Å². The van der Waals surface area contributed by atoms with Crippen LogP contribution >= 0.6 is 0 Å². The molecule has 0 radical (unpaired) electrons. The number of benzene rings is 2. The summed E-state index contributed by atoms with van der Waals surface area (Å²) in [6.07, 6.45) is 3.50. The highest BCUT2D eigenvalue weighted by Gasteiger charge is 2.45. The fraction of sp³-hybridized carbons (Fsp3) is 0.483. The Balaban J connectivity index is 2.02. The number of rotatable bonds is 11. The van der Waals surface area contributed by atoms with Crippen LogP contribution in [-0.2, 0) is 21.4 Å². The Bertz CT molecular complexity index is 932. The fourth-order valence-corrected chi connectivity index (χ4v) is 4.98. The molecule has 0 saturated carbocycles. The Hall–Kier alpha value is -2.63. The summed E-state index contributed by atoms with van der Waals surface area (Å²) in [6, 6.07) is 19.6. The molecule has 1 atom stereocenters. The monoisotopic (exact) mass is 463 g/mol. The van der Waals surface area contributed by atoms with Gasteiger partial charge < -0.3 is 14.5 Å². The number of hydrogen-bond acceptors (Lipinski definition) is 5. The quantitative estimate of drug-likeness (QED) is 0.196. The number of ether oxygens (including phenoxy) is 1. The fourth-order valence-electron chi connectivity index (χ4n) is 4.98. The second-order valence-electron chi connectivity index (χ2n) is 9.74. The summed E-state index contributed by atoms with van der Waals surface area (Å²) in [5.41, 5.74) is 4.11. The van der Waals surface area contributed by atoms with Gasteiger partial charge in [-0.25, -0.2) is 0 Å². The van der Waals surface area contributed by atoms with E-state index in [-0.39, 0.29) is 11.0 Å². The summed E-state index contributed by atoms with van der Waals surface area (Å²) in [6.45, 7) is 14.4. The molecule has 0 aliphatic carbocycles. The molecule has 0 N–H and O–H groups in total. The van der Waals surface area contributed by atoms with E-state index in [9.17, 15) is 0 Å². The maximum absolute atomic E-state index is 5.79. The molecule has 5 heteroatoms. The van der Waals surface area contributed by atoms with E-state index >= 15 is 0 Å². The van der Waals surface area contributed by atoms with Crippen LogP contribution in [0, 0.1) is 0 Å². The highest BCUT2D eigenvalue weighted by atomic mass is 16.6. The summed E-state index contributed by atoms with van der Waals surface area (Å²) < 4.78 is 5.52. The Morgan fingerprint density at radius 3 is 2.29 bits per heavy atom. The van der Waals surface area contributed by atoms with Crippen LogP contribution in [-0.4, -0.2) is 63.2 Å². The van der Waals surface area contributed by atoms with E-state index in [2.05, 4.69) is 106 Å². The molecule has 184 valence electrons. The molecule has 0 bridgehead atoms. The zero-order valence-corrected chi connectivity index (χ0v) is 21.6. The summed E-state index contributed by atoms with van der Waals surface area (Å²) in [7, 11) is 4.29. The van der Waals surface area contributed by atoms with E-state index in [1.807, 2.05) is 0 Å². The van der Waals surface area contributed by atoms with Crippen LogP contribution in [0.4, 0.5) is 5.69 Å². The van der Waals surface area contributed by atoms with Gasteiger partial charge in [-0.15, -0.1) is 0 Å². The van der Waals surface area contributed by atoms with E-state index in [0.717, 1.165) is 44.9 Å². The SMILES string of the molecule is C=CCON=C(C(C)(C)c1ccc(N2CCOCC2)cc1)C(CC)(Cc1ccccc1)N(C)C. The van der Waals surface area contributed by atoms with Gasteiger partial charge in [-0.3, -0.25) is 4.90 Å². The van der Waals surface area contributed by atoms with Gasteiger partial charge in [0.2, 0.25) is 0 Å². The summed E-state index contributed by atoms with van der Waals surface area (Å²) in [5, 5.41) is 4.81. The third-order valence-electron chi connectivity index (χ3n) is 7.13. The van der Waals surface area contributed by atoms with Crippen LogP contribution < -0.4 is 4.90 Å². The van der Waals surface area contributed by atoms with Gasteiger partial charge in [0.1, 0.15) is 6.61 Å². The van der Waals surface area contributed by atoms with Gasteiger partial charge in [-0.05, 0) is 50.2 Å². The lowest BCUT2D eigenvalue weighted by Crippen LogP contribution is -2.58. The van der Waals surface area contributed by atoms with Crippen molar-refractivity contribution in [1.29, 1.82) is 0 Å². The molecule has 34 heavy (non-hydrogen) atoms. The zero-order chi connectivity index (χ0) is 24.6.